The molecule has 0 rings (SSSR count). The number of aliphatic hydroxyl groups is 1. The second-order valence-electron chi connectivity index (χ2n) is 1.80. The van der Waals surface area contributed by atoms with Crippen LogP contribution in [0.25, 0.3) is 0 Å². The second-order valence-corrected chi connectivity index (χ2v) is 1.80. The van der Waals surface area contributed by atoms with Gasteiger partial charge in [-0.3, -0.25) is 20.4 Å². The molecule has 0 spiro atoms. The molecule has 0 aromatic heterocycles. The smallest absolute Gasteiger partial charge is 0.263 e. The molecule has 0 aromatic rings. The van der Waals surface area contributed by atoms with Crippen LogP contribution in [-0.4, -0.2) is 23.0 Å². The normalized spacial score (nSPS) is 11.9. The average Bonchev–Trinajstić information content (AvgIpc) is 2.02. The highest BCUT2D eigenvalue weighted by Gasteiger charge is 2.16. The van der Waals surface area contributed by atoms with Crippen molar-refractivity contribution in [2.24, 2.45) is 11.7 Å². The van der Waals surface area contributed by atoms with E-state index in [2.05, 4.69) is 11.7 Å². The van der Waals surface area contributed by atoms with E-state index in [9.17, 15) is 9.59 Å². The number of rotatable bonds is 3. The lowest BCUT2D eigenvalue weighted by atomic mass is 10.2. The molecule has 0 radical (unpaired) electrons. The predicted molar refractivity (Wildman–Crippen MR) is 35.3 cm³/mol. The molecule has 0 bridgehead atoms. The van der Waals surface area contributed by atoms with Gasteiger partial charge in [0.1, 0.15) is 6.10 Å². The number of hydrogen-bond donors (Lipinski definition) is 5. The van der Waals surface area contributed by atoms with Crippen molar-refractivity contribution in [3.63, 3.8) is 0 Å². The Balaban J connectivity index is 3.77. The SMILES string of the molecule is NNC(=O)C[C@H](O)C(=O)NN. The van der Waals surface area contributed by atoms with Gasteiger partial charge in [-0.25, -0.2) is 11.7 Å². The van der Waals surface area contributed by atoms with Crippen LogP contribution >= 0.6 is 0 Å². The minimum Gasteiger partial charge on any atom is -0.383 e. The Hall–Kier alpha value is -1.18. The molecule has 11 heavy (non-hydrogen) atoms. The van der Waals surface area contributed by atoms with Gasteiger partial charge in [0.2, 0.25) is 5.91 Å². The van der Waals surface area contributed by atoms with Crippen LogP contribution < -0.4 is 22.5 Å². The summed E-state index contributed by atoms with van der Waals surface area (Å²) < 4.78 is 0. The fourth-order valence-electron chi connectivity index (χ4n) is 0.423. The number of nitrogens with one attached hydrogen (secondary N) is 2. The molecule has 0 aliphatic rings. The van der Waals surface area contributed by atoms with E-state index in [0.717, 1.165) is 0 Å². The Morgan fingerprint density at radius 1 is 1.36 bits per heavy atom. The third kappa shape index (κ3) is 3.50. The molecule has 2 amide bonds. The lowest BCUT2D eigenvalue weighted by molar-refractivity contribution is -0.134. The van der Waals surface area contributed by atoms with Gasteiger partial charge >= 0.3 is 0 Å². The van der Waals surface area contributed by atoms with E-state index >= 15 is 0 Å². The molecule has 0 saturated heterocycles. The zero-order valence-electron chi connectivity index (χ0n) is 5.70. The van der Waals surface area contributed by atoms with Gasteiger partial charge in [-0.05, 0) is 0 Å². The first-order chi connectivity index (χ1) is 5.11. The first-order valence-electron chi connectivity index (χ1n) is 2.79. The van der Waals surface area contributed by atoms with Crippen molar-refractivity contribution in [2.75, 3.05) is 0 Å². The van der Waals surface area contributed by atoms with Crippen LogP contribution in [0.4, 0.5) is 0 Å². The highest BCUT2D eigenvalue weighted by molar-refractivity contribution is 5.86. The molecule has 7 N–H and O–H groups in total. The van der Waals surface area contributed by atoms with E-state index in [1.54, 1.807) is 10.9 Å². The molecule has 0 aliphatic carbocycles. The first-order valence-corrected chi connectivity index (χ1v) is 2.79. The van der Waals surface area contributed by atoms with Gasteiger partial charge in [-0.15, -0.1) is 0 Å². The zero-order valence-corrected chi connectivity index (χ0v) is 5.70. The van der Waals surface area contributed by atoms with Crippen molar-refractivity contribution < 1.29 is 14.7 Å². The van der Waals surface area contributed by atoms with Gasteiger partial charge in [0.25, 0.3) is 5.91 Å². The van der Waals surface area contributed by atoms with E-state index in [4.69, 9.17) is 5.11 Å². The monoisotopic (exact) mass is 162 g/mol. The maximum atomic E-state index is 10.5. The molecule has 1 atom stereocenters. The summed E-state index contributed by atoms with van der Waals surface area (Å²) in [6.45, 7) is 0. The van der Waals surface area contributed by atoms with Crippen LogP contribution in [0.3, 0.4) is 0 Å². The molecule has 64 valence electrons. The summed E-state index contributed by atoms with van der Waals surface area (Å²) in [4.78, 5) is 20.9. The number of amides is 2. The topological polar surface area (TPSA) is 130 Å². The van der Waals surface area contributed by atoms with E-state index in [1.807, 2.05) is 0 Å². The molecule has 7 nitrogen and oxygen atoms in total. The average molecular weight is 162 g/mol. The number of hydrogen-bond acceptors (Lipinski definition) is 5. The van der Waals surface area contributed by atoms with Crippen LogP contribution in [0.1, 0.15) is 6.42 Å². The van der Waals surface area contributed by atoms with Crippen molar-refractivity contribution in [3.8, 4) is 0 Å². The highest BCUT2D eigenvalue weighted by Crippen LogP contribution is 1.89. The fourth-order valence-corrected chi connectivity index (χ4v) is 0.423. The predicted octanol–water partition coefficient (Wildman–Crippen LogP) is -3.28. The van der Waals surface area contributed by atoms with E-state index in [-0.39, 0.29) is 0 Å². The van der Waals surface area contributed by atoms with Crippen molar-refractivity contribution in [3.05, 3.63) is 0 Å². The molecule has 0 aromatic carbocycles. The lowest BCUT2D eigenvalue weighted by Gasteiger charge is -2.06. The summed E-state index contributed by atoms with van der Waals surface area (Å²) in [6.07, 6.45) is -1.86. The number of aliphatic hydroxyl groups excluding tert-OH is 1. The number of carbonyl (C=O) groups is 2. The van der Waals surface area contributed by atoms with Gasteiger partial charge < -0.3 is 5.11 Å². The third-order valence-corrected chi connectivity index (χ3v) is 0.985. The molecule has 0 saturated carbocycles. The maximum Gasteiger partial charge on any atom is 0.263 e. The van der Waals surface area contributed by atoms with Crippen molar-refractivity contribution in [2.45, 2.75) is 12.5 Å². The number of carbonyl (C=O) groups excluding carboxylic acids is 2. The Labute approximate surface area is 62.7 Å². The van der Waals surface area contributed by atoms with Crippen molar-refractivity contribution in [1.29, 1.82) is 0 Å². The Morgan fingerprint density at radius 2 is 1.91 bits per heavy atom. The molecule has 7 heteroatoms. The number of hydrazine groups is 2. The van der Waals surface area contributed by atoms with E-state index in [1.165, 1.54) is 0 Å². The Kier molecular flexibility index (Phi) is 4.11. The quantitative estimate of drug-likeness (QED) is 0.169. The summed E-state index contributed by atoms with van der Waals surface area (Å²) in [5, 5.41) is 8.81. The van der Waals surface area contributed by atoms with Crippen molar-refractivity contribution in [1.82, 2.24) is 10.9 Å². The van der Waals surface area contributed by atoms with Crippen molar-refractivity contribution >= 4 is 11.8 Å². The van der Waals surface area contributed by atoms with E-state index in [0.29, 0.717) is 0 Å². The summed E-state index contributed by atoms with van der Waals surface area (Å²) in [6, 6.07) is 0. The maximum absolute atomic E-state index is 10.5. The van der Waals surface area contributed by atoms with Gasteiger partial charge in [0, 0.05) is 0 Å². The first kappa shape index (κ1) is 9.82. The molecular weight excluding hydrogens is 152 g/mol. The van der Waals surface area contributed by atoms with Crippen LogP contribution in [-0.2, 0) is 9.59 Å². The van der Waals surface area contributed by atoms with E-state index < -0.39 is 24.3 Å². The fraction of sp³-hybridized carbons (Fsp3) is 0.500. The third-order valence-electron chi connectivity index (χ3n) is 0.985. The molecule has 0 fully saturated rings. The van der Waals surface area contributed by atoms with Crippen LogP contribution in [0.15, 0.2) is 0 Å². The van der Waals surface area contributed by atoms with Gasteiger partial charge in [-0.2, -0.15) is 0 Å². The van der Waals surface area contributed by atoms with Crippen LogP contribution in [0, 0.1) is 0 Å². The van der Waals surface area contributed by atoms with Gasteiger partial charge in [0.15, 0.2) is 0 Å². The van der Waals surface area contributed by atoms with Crippen LogP contribution in [0.5, 0.6) is 0 Å². The summed E-state index contributed by atoms with van der Waals surface area (Å²) >= 11 is 0. The zero-order chi connectivity index (χ0) is 8.85. The molecule has 0 unspecified atom stereocenters. The number of nitrogens with two attached hydrogens (primary N) is 2. The summed E-state index contributed by atoms with van der Waals surface area (Å²) in [7, 11) is 0. The lowest BCUT2D eigenvalue weighted by Crippen LogP contribution is -2.42. The molecule has 0 aliphatic heterocycles. The minimum atomic E-state index is -1.46. The second kappa shape index (κ2) is 4.61. The van der Waals surface area contributed by atoms with Gasteiger partial charge in [-0.1, -0.05) is 0 Å². The molecular formula is C4H10N4O3. The largest absolute Gasteiger partial charge is 0.383 e. The van der Waals surface area contributed by atoms with Crippen LogP contribution in [0.2, 0.25) is 0 Å². The summed E-state index contributed by atoms with van der Waals surface area (Å²) in [5.41, 5.74) is 3.44. The Bertz CT molecular complexity index is 159. The van der Waals surface area contributed by atoms with Gasteiger partial charge in [0.05, 0.1) is 6.42 Å². The molecule has 0 heterocycles. The highest BCUT2D eigenvalue weighted by atomic mass is 16.3. The summed E-state index contributed by atoms with van der Waals surface area (Å²) in [5.74, 6) is 7.89. The Morgan fingerprint density at radius 3 is 2.27 bits per heavy atom. The standard InChI is InChI=1S/C4H10N4O3/c5-7-3(10)1-2(9)4(11)8-6/h2,9H,1,5-6H2,(H,7,10)(H,8,11)/t2-/m0/s1. The minimum absolute atomic E-state index is 0.403.